The van der Waals surface area contributed by atoms with Gasteiger partial charge < -0.3 is 26.0 Å². The summed E-state index contributed by atoms with van der Waals surface area (Å²) in [6, 6.07) is 5.25. The molecule has 0 unspecified atom stereocenters. The third kappa shape index (κ3) is 5.11. The molecule has 2 aliphatic heterocycles. The van der Waals surface area contributed by atoms with E-state index in [0.717, 1.165) is 31.2 Å². The van der Waals surface area contributed by atoms with Crippen LogP contribution in [0.15, 0.2) is 24.3 Å². The van der Waals surface area contributed by atoms with E-state index in [1.165, 1.54) is 0 Å². The molecule has 3 amide bonds. The van der Waals surface area contributed by atoms with Crippen molar-refractivity contribution < 1.29 is 19.5 Å². The van der Waals surface area contributed by atoms with Crippen LogP contribution in [0.2, 0.25) is 0 Å². The standard InChI is InChI=1S/C22H32N4O4/c1-14(23-2)20(28)25-18-9-4-3-7-16-10-11-19(26(16)22(18)30)21(29)24-13-15-6-5-8-17(27)12-15/h5-6,8,12,14,16,18-19,23,27H,3-4,7,9-11,13H2,1-2H3,(H,24,29)(H,25,28)/t14-,16-,18-,19-/m0/s1. The van der Waals surface area contributed by atoms with Gasteiger partial charge in [0.2, 0.25) is 17.7 Å². The summed E-state index contributed by atoms with van der Waals surface area (Å²) < 4.78 is 0. The molecule has 2 heterocycles. The third-order valence-electron chi connectivity index (χ3n) is 6.16. The normalized spacial score (nSPS) is 25.1. The number of benzene rings is 1. The van der Waals surface area contributed by atoms with Gasteiger partial charge in [-0.2, -0.15) is 0 Å². The number of hydrogen-bond donors (Lipinski definition) is 4. The van der Waals surface area contributed by atoms with Gasteiger partial charge in [-0.05, 0) is 57.4 Å². The monoisotopic (exact) mass is 416 g/mol. The SMILES string of the molecule is CN[C@@H](C)C(=O)N[C@H]1CCCC[C@H]2CC[C@@H](C(=O)NCc3cccc(O)c3)N2C1=O. The van der Waals surface area contributed by atoms with Crippen LogP contribution in [0, 0.1) is 0 Å². The molecule has 0 saturated carbocycles. The molecule has 3 rings (SSSR count). The number of carbonyl (C=O) groups excluding carboxylic acids is 3. The molecule has 8 heteroatoms. The summed E-state index contributed by atoms with van der Waals surface area (Å²) in [6.07, 6.45) is 4.74. The number of hydrogen-bond acceptors (Lipinski definition) is 5. The second-order valence-corrected chi connectivity index (χ2v) is 8.24. The van der Waals surface area contributed by atoms with Crippen molar-refractivity contribution in [2.45, 2.75) is 76.2 Å². The van der Waals surface area contributed by atoms with Crippen molar-refractivity contribution in [1.82, 2.24) is 20.9 Å². The van der Waals surface area contributed by atoms with Gasteiger partial charge in [0, 0.05) is 12.6 Å². The Bertz CT molecular complexity index is 784. The molecule has 30 heavy (non-hydrogen) atoms. The lowest BCUT2D eigenvalue weighted by molar-refractivity contribution is -0.144. The molecule has 1 aromatic rings. The number of rotatable bonds is 6. The predicted octanol–water partition coefficient (Wildman–Crippen LogP) is 1.03. The number of carbonyl (C=O) groups is 3. The quantitative estimate of drug-likeness (QED) is 0.554. The molecule has 0 aromatic heterocycles. The Morgan fingerprint density at radius 2 is 1.97 bits per heavy atom. The van der Waals surface area contributed by atoms with Crippen LogP contribution in [-0.2, 0) is 20.9 Å². The average molecular weight is 417 g/mol. The maximum atomic E-state index is 13.3. The number of fused-ring (bicyclic) bond motifs is 1. The molecule has 2 saturated heterocycles. The summed E-state index contributed by atoms with van der Waals surface area (Å²) in [4.78, 5) is 40.3. The molecule has 2 aliphatic rings. The summed E-state index contributed by atoms with van der Waals surface area (Å²) in [7, 11) is 1.70. The number of amides is 3. The Kier molecular flexibility index (Phi) is 7.31. The van der Waals surface area contributed by atoms with E-state index >= 15 is 0 Å². The minimum absolute atomic E-state index is 0.0374. The van der Waals surface area contributed by atoms with Crippen molar-refractivity contribution >= 4 is 17.7 Å². The molecule has 2 fully saturated rings. The predicted molar refractivity (Wildman–Crippen MR) is 113 cm³/mol. The van der Waals surface area contributed by atoms with Crippen LogP contribution in [0.5, 0.6) is 5.75 Å². The maximum absolute atomic E-state index is 13.3. The highest BCUT2D eigenvalue weighted by Gasteiger charge is 2.43. The Balaban J connectivity index is 1.69. The van der Waals surface area contributed by atoms with Crippen LogP contribution in [-0.4, -0.2) is 58.9 Å². The van der Waals surface area contributed by atoms with Gasteiger partial charge in [-0.15, -0.1) is 0 Å². The van der Waals surface area contributed by atoms with Crippen LogP contribution in [0.3, 0.4) is 0 Å². The van der Waals surface area contributed by atoms with Crippen LogP contribution in [0.4, 0.5) is 0 Å². The minimum atomic E-state index is -0.601. The first-order chi connectivity index (χ1) is 14.4. The lowest BCUT2D eigenvalue weighted by atomic mass is 9.98. The van der Waals surface area contributed by atoms with Crippen LogP contribution in [0.25, 0.3) is 0 Å². The zero-order chi connectivity index (χ0) is 21.7. The van der Waals surface area contributed by atoms with Gasteiger partial charge in [0.1, 0.15) is 17.8 Å². The molecule has 4 atom stereocenters. The summed E-state index contributed by atoms with van der Waals surface area (Å²) >= 11 is 0. The molecule has 1 aromatic carbocycles. The van der Waals surface area contributed by atoms with Crippen molar-refractivity contribution in [2.24, 2.45) is 0 Å². The van der Waals surface area contributed by atoms with Crippen molar-refractivity contribution in [1.29, 1.82) is 0 Å². The van der Waals surface area contributed by atoms with Gasteiger partial charge in [0.15, 0.2) is 0 Å². The van der Waals surface area contributed by atoms with E-state index in [4.69, 9.17) is 0 Å². The zero-order valence-electron chi connectivity index (χ0n) is 17.7. The molecule has 0 radical (unpaired) electrons. The Morgan fingerprint density at radius 1 is 1.20 bits per heavy atom. The van der Waals surface area contributed by atoms with Crippen molar-refractivity contribution in [2.75, 3.05) is 7.05 Å². The van der Waals surface area contributed by atoms with Crippen LogP contribution in [0.1, 0.15) is 51.0 Å². The number of phenolic OH excluding ortho intramolecular Hbond substituents is 1. The van der Waals surface area contributed by atoms with E-state index < -0.39 is 12.1 Å². The number of likely N-dealkylation sites (N-methyl/N-ethyl adjacent to an activating group) is 1. The smallest absolute Gasteiger partial charge is 0.246 e. The minimum Gasteiger partial charge on any atom is -0.508 e. The second-order valence-electron chi connectivity index (χ2n) is 8.24. The van der Waals surface area contributed by atoms with E-state index in [0.29, 0.717) is 12.8 Å². The third-order valence-corrected chi connectivity index (χ3v) is 6.16. The zero-order valence-corrected chi connectivity index (χ0v) is 17.7. The lowest BCUT2D eigenvalue weighted by Crippen LogP contribution is -2.57. The number of nitrogens with zero attached hydrogens (tertiary/aromatic N) is 1. The van der Waals surface area contributed by atoms with Crippen molar-refractivity contribution in [3.05, 3.63) is 29.8 Å². The summed E-state index contributed by atoms with van der Waals surface area (Å²) in [6.45, 7) is 2.04. The molecule has 164 valence electrons. The molecule has 4 N–H and O–H groups in total. The topological polar surface area (TPSA) is 111 Å². The van der Waals surface area contributed by atoms with Crippen molar-refractivity contribution in [3.63, 3.8) is 0 Å². The first-order valence-electron chi connectivity index (χ1n) is 10.8. The molecule has 0 spiro atoms. The van der Waals surface area contributed by atoms with E-state index in [1.807, 2.05) is 6.07 Å². The highest BCUT2D eigenvalue weighted by atomic mass is 16.3. The van der Waals surface area contributed by atoms with E-state index in [-0.39, 0.29) is 42.1 Å². The average Bonchev–Trinajstić information content (AvgIpc) is 3.15. The largest absolute Gasteiger partial charge is 0.508 e. The number of aromatic hydroxyl groups is 1. The fourth-order valence-electron chi connectivity index (χ4n) is 4.32. The molecular formula is C22H32N4O4. The Hall–Kier alpha value is -2.61. The highest BCUT2D eigenvalue weighted by molar-refractivity contribution is 5.93. The van der Waals surface area contributed by atoms with E-state index in [1.54, 1.807) is 37.1 Å². The first-order valence-corrected chi connectivity index (χ1v) is 10.8. The first kappa shape index (κ1) is 22.1. The Morgan fingerprint density at radius 3 is 2.70 bits per heavy atom. The van der Waals surface area contributed by atoms with Gasteiger partial charge in [-0.3, -0.25) is 14.4 Å². The van der Waals surface area contributed by atoms with Crippen molar-refractivity contribution in [3.8, 4) is 5.75 Å². The molecular weight excluding hydrogens is 384 g/mol. The maximum Gasteiger partial charge on any atom is 0.246 e. The summed E-state index contributed by atoms with van der Waals surface area (Å²) in [5, 5.41) is 18.2. The van der Waals surface area contributed by atoms with Crippen LogP contribution >= 0.6 is 0 Å². The molecule has 0 aliphatic carbocycles. The van der Waals surface area contributed by atoms with E-state index in [2.05, 4.69) is 16.0 Å². The van der Waals surface area contributed by atoms with Gasteiger partial charge in [-0.1, -0.05) is 25.0 Å². The molecule has 8 nitrogen and oxygen atoms in total. The van der Waals surface area contributed by atoms with Gasteiger partial charge in [0.05, 0.1) is 6.04 Å². The summed E-state index contributed by atoms with van der Waals surface area (Å²) in [5.41, 5.74) is 0.795. The van der Waals surface area contributed by atoms with E-state index in [9.17, 15) is 19.5 Å². The fourth-order valence-corrected chi connectivity index (χ4v) is 4.32. The van der Waals surface area contributed by atoms with Gasteiger partial charge in [-0.25, -0.2) is 0 Å². The fraction of sp³-hybridized carbons (Fsp3) is 0.591. The number of phenols is 1. The highest BCUT2D eigenvalue weighted by Crippen LogP contribution is 2.31. The van der Waals surface area contributed by atoms with Gasteiger partial charge >= 0.3 is 0 Å². The molecule has 0 bridgehead atoms. The van der Waals surface area contributed by atoms with Gasteiger partial charge in [0.25, 0.3) is 0 Å². The number of nitrogens with one attached hydrogen (secondary N) is 3. The van der Waals surface area contributed by atoms with Crippen LogP contribution < -0.4 is 16.0 Å². The summed E-state index contributed by atoms with van der Waals surface area (Å²) in [5.74, 6) is -0.414. The lowest BCUT2D eigenvalue weighted by Gasteiger charge is -2.35. The second kappa shape index (κ2) is 9.93. The Labute approximate surface area is 177 Å².